The van der Waals surface area contributed by atoms with Gasteiger partial charge in [-0.3, -0.25) is 9.59 Å². The molecule has 0 spiro atoms. The fraction of sp³-hybridized carbons (Fsp3) is 0.600. The first kappa shape index (κ1) is 17.5. The van der Waals surface area contributed by atoms with Crippen LogP contribution in [0.4, 0.5) is 0 Å². The zero-order chi connectivity index (χ0) is 19.1. The van der Waals surface area contributed by atoms with Crippen LogP contribution in [0.2, 0.25) is 0 Å². The van der Waals surface area contributed by atoms with Crippen molar-refractivity contribution in [1.82, 2.24) is 24.5 Å². The van der Waals surface area contributed by atoms with E-state index in [2.05, 4.69) is 10.2 Å². The van der Waals surface area contributed by atoms with Crippen LogP contribution < -0.4 is 10.3 Å². The van der Waals surface area contributed by atoms with Crippen molar-refractivity contribution >= 4 is 5.91 Å². The minimum atomic E-state index is -0.0843. The van der Waals surface area contributed by atoms with Gasteiger partial charge in [-0.2, -0.15) is 10.2 Å². The number of aromatic nitrogens is 4. The molecular weight excluding hydrogens is 358 g/mol. The Bertz CT molecular complexity index is 940. The highest BCUT2D eigenvalue weighted by molar-refractivity contribution is 5.93. The van der Waals surface area contributed by atoms with Gasteiger partial charge >= 0.3 is 0 Å². The van der Waals surface area contributed by atoms with Gasteiger partial charge in [0, 0.05) is 31.6 Å². The minimum Gasteiger partial charge on any atom is -0.478 e. The van der Waals surface area contributed by atoms with E-state index in [1.54, 1.807) is 21.5 Å². The number of nitrogens with zero attached hydrogens (tertiary/aromatic N) is 5. The summed E-state index contributed by atoms with van der Waals surface area (Å²) in [7, 11) is 0. The fourth-order valence-corrected chi connectivity index (χ4v) is 4.54. The number of hydrogen-bond donors (Lipinski definition) is 0. The predicted octanol–water partition coefficient (Wildman–Crippen LogP) is 1.41. The number of ether oxygens (including phenoxy) is 1. The van der Waals surface area contributed by atoms with E-state index >= 15 is 0 Å². The fourth-order valence-electron chi connectivity index (χ4n) is 4.54. The van der Waals surface area contributed by atoms with Crippen molar-refractivity contribution < 1.29 is 9.53 Å². The molecule has 3 aliphatic rings. The summed E-state index contributed by atoms with van der Waals surface area (Å²) in [6.45, 7) is 2.58. The summed E-state index contributed by atoms with van der Waals surface area (Å²) in [6.07, 6.45) is 6.84. The number of rotatable bonds is 3. The van der Waals surface area contributed by atoms with Crippen LogP contribution in [0.15, 0.2) is 16.9 Å². The number of carbonyl (C=O) groups excluding carboxylic acids is 1. The van der Waals surface area contributed by atoms with Crippen LogP contribution >= 0.6 is 0 Å². The van der Waals surface area contributed by atoms with Crippen molar-refractivity contribution in [3.8, 4) is 5.88 Å². The van der Waals surface area contributed by atoms with Gasteiger partial charge in [0.1, 0.15) is 0 Å². The Hall–Kier alpha value is -2.64. The average Bonchev–Trinajstić information content (AvgIpc) is 3.34. The van der Waals surface area contributed by atoms with E-state index in [-0.39, 0.29) is 17.5 Å². The molecule has 0 aromatic carbocycles. The van der Waals surface area contributed by atoms with Crippen LogP contribution in [-0.4, -0.2) is 49.6 Å². The van der Waals surface area contributed by atoms with Crippen molar-refractivity contribution in [3.05, 3.63) is 39.4 Å². The van der Waals surface area contributed by atoms with E-state index in [0.717, 1.165) is 62.7 Å². The summed E-state index contributed by atoms with van der Waals surface area (Å²) in [5.74, 6) is 0.580. The second-order valence-corrected chi connectivity index (χ2v) is 7.93. The molecule has 148 valence electrons. The van der Waals surface area contributed by atoms with Crippen molar-refractivity contribution in [3.63, 3.8) is 0 Å². The van der Waals surface area contributed by atoms with E-state index in [1.807, 2.05) is 4.90 Å². The van der Waals surface area contributed by atoms with Gasteiger partial charge in [-0.1, -0.05) is 0 Å². The molecule has 0 N–H and O–H groups in total. The number of fused-ring (bicyclic) bond motifs is 2. The molecule has 0 radical (unpaired) electrons. The zero-order valence-corrected chi connectivity index (χ0v) is 16.0. The lowest BCUT2D eigenvalue weighted by Crippen LogP contribution is -2.41. The van der Waals surface area contributed by atoms with E-state index in [1.165, 1.54) is 0 Å². The molecule has 1 aliphatic carbocycles. The Morgan fingerprint density at radius 2 is 2.00 bits per heavy atom. The molecule has 1 amide bonds. The minimum absolute atomic E-state index is 0.0287. The quantitative estimate of drug-likeness (QED) is 0.800. The number of carbonyl (C=O) groups is 1. The summed E-state index contributed by atoms with van der Waals surface area (Å²) >= 11 is 0. The van der Waals surface area contributed by atoms with Gasteiger partial charge in [0.25, 0.3) is 11.5 Å². The lowest BCUT2D eigenvalue weighted by Gasteiger charge is -2.25. The Balaban J connectivity index is 1.36. The van der Waals surface area contributed by atoms with Crippen molar-refractivity contribution in [2.45, 2.75) is 64.1 Å². The summed E-state index contributed by atoms with van der Waals surface area (Å²) in [5, 5.41) is 9.05. The monoisotopic (exact) mass is 383 g/mol. The van der Waals surface area contributed by atoms with Crippen LogP contribution in [0.3, 0.4) is 0 Å². The molecule has 1 unspecified atom stereocenters. The second kappa shape index (κ2) is 7.07. The maximum Gasteiger partial charge on any atom is 0.274 e. The molecule has 2 aromatic heterocycles. The number of hydrogen-bond acceptors (Lipinski definition) is 5. The van der Waals surface area contributed by atoms with Crippen LogP contribution in [0.5, 0.6) is 5.88 Å². The Kier molecular flexibility index (Phi) is 4.41. The molecule has 1 saturated heterocycles. The third kappa shape index (κ3) is 3.10. The predicted molar refractivity (Wildman–Crippen MR) is 102 cm³/mol. The molecule has 5 rings (SSSR count). The van der Waals surface area contributed by atoms with E-state index in [9.17, 15) is 9.59 Å². The second-order valence-electron chi connectivity index (χ2n) is 7.93. The summed E-state index contributed by atoms with van der Waals surface area (Å²) in [4.78, 5) is 27.4. The van der Waals surface area contributed by atoms with Gasteiger partial charge < -0.3 is 9.64 Å². The molecule has 1 atom stereocenters. The Labute approximate surface area is 163 Å². The molecule has 0 bridgehead atoms. The van der Waals surface area contributed by atoms with Gasteiger partial charge in [0.2, 0.25) is 5.88 Å². The third-order valence-corrected chi connectivity index (χ3v) is 6.02. The molecule has 4 heterocycles. The van der Waals surface area contributed by atoms with Gasteiger partial charge in [0.05, 0.1) is 24.9 Å². The van der Waals surface area contributed by atoms with E-state index < -0.39 is 0 Å². The van der Waals surface area contributed by atoms with Gasteiger partial charge in [-0.05, 0) is 44.1 Å². The van der Waals surface area contributed by atoms with E-state index in [4.69, 9.17) is 4.74 Å². The van der Waals surface area contributed by atoms with Gasteiger partial charge in [-0.25, -0.2) is 9.36 Å². The maximum absolute atomic E-state index is 13.1. The molecular formula is C20H25N5O3. The normalized spacial score (nSPS) is 21.1. The van der Waals surface area contributed by atoms with Crippen molar-refractivity contribution in [1.29, 1.82) is 0 Å². The van der Waals surface area contributed by atoms with Crippen molar-refractivity contribution in [2.75, 3.05) is 13.2 Å². The summed E-state index contributed by atoms with van der Waals surface area (Å²) in [5.41, 5.74) is 2.50. The molecule has 1 fully saturated rings. The SMILES string of the molecule is O=C(c1cc2n(n1)CCCO2)N1CCCC1Cn1nc2c(cc1=O)CCCC2. The van der Waals surface area contributed by atoms with E-state index in [0.29, 0.717) is 31.3 Å². The van der Waals surface area contributed by atoms with Crippen LogP contribution in [0, 0.1) is 0 Å². The zero-order valence-electron chi connectivity index (χ0n) is 16.0. The Morgan fingerprint density at radius 3 is 2.89 bits per heavy atom. The lowest BCUT2D eigenvalue weighted by atomic mass is 9.97. The highest BCUT2D eigenvalue weighted by Crippen LogP contribution is 2.24. The molecule has 8 nitrogen and oxygen atoms in total. The first-order valence-electron chi connectivity index (χ1n) is 10.3. The first-order valence-corrected chi connectivity index (χ1v) is 10.3. The van der Waals surface area contributed by atoms with Crippen LogP contribution in [-0.2, 0) is 25.9 Å². The topological polar surface area (TPSA) is 82.2 Å². The molecule has 0 saturated carbocycles. The van der Waals surface area contributed by atoms with Gasteiger partial charge in [-0.15, -0.1) is 0 Å². The first-order chi connectivity index (χ1) is 13.7. The largest absolute Gasteiger partial charge is 0.478 e. The van der Waals surface area contributed by atoms with Crippen molar-refractivity contribution in [2.24, 2.45) is 0 Å². The molecule has 8 heteroatoms. The summed E-state index contributed by atoms with van der Waals surface area (Å²) < 4.78 is 8.90. The third-order valence-electron chi connectivity index (χ3n) is 6.02. The van der Waals surface area contributed by atoms with Crippen LogP contribution in [0.25, 0.3) is 0 Å². The maximum atomic E-state index is 13.1. The lowest BCUT2D eigenvalue weighted by molar-refractivity contribution is 0.0713. The molecule has 2 aromatic rings. The smallest absolute Gasteiger partial charge is 0.274 e. The standard InChI is InChI=1S/C20H25N5O3/c26-18-11-14-5-1-2-7-16(14)21-25(18)13-15-6-3-8-23(15)20(27)17-12-19-24(22-17)9-4-10-28-19/h11-12,15H,1-10,13H2. The average molecular weight is 383 g/mol. The number of aryl methyl sites for hydroxylation is 3. The number of amides is 1. The molecule has 2 aliphatic heterocycles. The van der Waals surface area contributed by atoms with Crippen LogP contribution in [0.1, 0.15) is 53.8 Å². The highest BCUT2D eigenvalue weighted by atomic mass is 16.5. The molecule has 28 heavy (non-hydrogen) atoms. The Morgan fingerprint density at radius 1 is 1.11 bits per heavy atom. The highest BCUT2D eigenvalue weighted by Gasteiger charge is 2.32. The number of likely N-dealkylation sites (tertiary alicyclic amines) is 1. The summed E-state index contributed by atoms with van der Waals surface area (Å²) in [6, 6.07) is 3.45. The van der Waals surface area contributed by atoms with Gasteiger partial charge in [0.15, 0.2) is 5.69 Å².